The van der Waals surface area contributed by atoms with Gasteiger partial charge in [0.05, 0.1) is 12.4 Å². The van der Waals surface area contributed by atoms with E-state index < -0.39 is 10.1 Å². The van der Waals surface area contributed by atoms with Crippen LogP contribution in [-0.4, -0.2) is 20.8 Å². The van der Waals surface area contributed by atoms with Gasteiger partial charge in [0.15, 0.2) is 0 Å². The van der Waals surface area contributed by atoms with Crippen LogP contribution in [0.2, 0.25) is 0 Å². The average molecular weight is 262 g/mol. The number of hydrogen-bond donors (Lipinski definition) is 0. The maximum Gasteiger partial charge on any atom is 0.269 e. The lowest BCUT2D eigenvalue weighted by molar-refractivity contribution is 0.367. The van der Waals surface area contributed by atoms with Gasteiger partial charge in [-0.3, -0.25) is 4.18 Å². The molecule has 0 aromatic carbocycles. The molecule has 0 aliphatic rings. The first-order valence-electron chi connectivity index (χ1n) is 6.38. The van der Waals surface area contributed by atoms with Gasteiger partial charge in [-0.1, -0.05) is 38.8 Å². The molecule has 0 unspecified atom stereocenters. The molecule has 0 N–H and O–H groups in total. The SMILES string of the molecule is C/C=C\CC[C@H](C[C@@H](C)CCC)S(=O)(=O)OC. The lowest BCUT2D eigenvalue weighted by Gasteiger charge is -2.19. The first-order chi connectivity index (χ1) is 7.97. The van der Waals surface area contributed by atoms with Crippen LogP contribution in [0, 0.1) is 5.92 Å². The maximum atomic E-state index is 11.8. The largest absolute Gasteiger partial charge is 0.273 e. The highest BCUT2D eigenvalue weighted by Gasteiger charge is 2.26. The smallest absolute Gasteiger partial charge is 0.269 e. The molecule has 0 saturated heterocycles. The summed E-state index contributed by atoms with van der Waals surface area (Å²) >= 11 is 0. The third kappa shape index (κ3) is 6.84. The van der Waals surface area contributed by atoms with Crippen molar-refractivity contribution in [2.24, 2.45) is 5.92 Å². The van der Waals surface area contributed by atoms with E-state index in [2.05, 4.69) is 18.0 Å². The predicted molar refractivity (Wildman–Crippen MR) is 72.5 cm³/mol. The monoisotopic (exact) mass is 262 g/mol. The average Bonchev–Trinajstić information content (AvgIpc) is 2.28. The van der Waals surface area contributed by atoms with E-state index in [9.17, 15) is 8.42 Å². The zero-order chi connectivity index (χ0) is 13.3. The maximum absolute atomic E-state index is 11.8. The lowest BCUT2D eigenvalue weighted by atomic mass is 9.98. The van der Waals surface area contributed by atoms with Crippen LogP contribution in [0.15, 0.2) is 12.2 Å². The molecule has 0 aromatic rings. The fourth-order valence-corrected chi connectivity index (χ4v) is 3.29. The van der Waals surface area contributed by atoms with Crippen molar-refractivity contribution in [3.05, 3.63) is 12.2 Å². The third-order valence-corrected chi connectivity index (χ3v) is 4.69. The van der Waals surface area contributed by atoms with E-state index in [0.29, 0.717) is 18.8 Å². The fourth-order valence-electron chi connectivity index (χ4n) is 2.02. The predicted octanol–water partition coefficient (Wildman–Crippen LogP) is 3.51. The van der Waals surface area contributed by atoms with Crippen molar-refractivity contribution in [1.82, 2.24) is 0 Å². The van der Waals surface area contributed by atoms with Gasteiger partial charge in [0.25, 0.3) is 10.1 Å². The van der Waals surface area contributed by atoms with Crippen molar-refractivity contribution >= 4 is 10.1 Å². The van der Waals surface area contributed by atoms with Crippen molar-refractivity contribution < 1.29 is 12.6 Å². The summed E-state index contributed by atoms with van der Waals surface area (Å²) in [5, 5.41) is -0.370. The van der Waals surface area contributed by atoms with Gasteiger partial charge in [-0.2, -0.15) is 8.42 Å². The van der Waals surface area contributed by atoms with Crippen LogP contribution in [0.3, 0.4) is 0 Å². The van der Waals surface area contributed by atoms with Crippen LogP contribution in [0.5, 0.6) is 0 Å². The van der Waals surface area contributed by atoms with Gasteiger partial charge in [0.1, 0.15) is 0 Å². The van der Waals surface area contributed by atoms with Crippen LogP contribution < -0.4 is 0 Å². The van der Waals surface area contributed by atoms with E-state index in [1.807, 2.05) is 19.1 Å². The second-order valence-corrected chi connectivity index (χ2v) is 6.54. The number of hydrogen-bond acceptors (Lipinski definition) is 3. The molecule has 0 heterocycles. The Hall–Kier alpha value is -0.350. The Morgan fingerprint density at radius 1 is 1.29 bits per heavy atom. The van der Waals surface area contributed by atoms with Crippen molar-refractivity contribution in [2.75, 3.05) is 7.11 Å². The van der Waals surface area contributed by atoms with E-state index >= 15 is 0 Å². The van der Waals surface area contributed by atoms with Gasteiger partial charge < -0.3 is 0 Å². The molecule has 0 fully saturated rings. The molecule has 0 radical (unpaired) electrons. The minimum absolute atomic E-state index is 0.370. The summed E-state index contributed by atoms with van der Waals surface area (Å²) in [5.74, 6) is 0.431. The molecule has 102 valence electrons. The van der Waals surface area contributed by atoms with Crippen molar-refractivity contribution in [3.8, 4) is 0 Å². The molecular formula is C13H26O3S. The van der Waals surface area contributed by atoms with Crippen molar-refractivity contribution in [2.45, 2.75) is 58.1 Å². The highest BCUT2D eigenvalue weighted by molar-refractivity contribution is 7.87. The number of allylic oxidation sites excluding steroid dienone is 2. The van der Waals surface area contributed by atoms with Crippen LogP contribution >= 0.6 is 0 Å². The molecule has 0 aromatic heterocycles. The summed E-state index contributed by atoms with van der Waals surface area (Å²) < 4.78 is 28.2. The van der Waals surface area contributed by atoms with E-state index in [1.54, 1.807) is 0 Å². The van der Waals surface area contributed by atoms with E-state index in [-0.39, 0.29) is 5.25 Å². The Labute approximate surface area is 106 Å². The molecule has 0 aliphatic carbocycles. The third-order valence-electron chi connectivity index (χ3n) is 2.98. The minimum Gasteiger partial charge on any atom is -0.273 e. The van der Waals surface area contributed by atoms with E-state index in [0.717, 1.165) is 19.3 Å². The van der Waals surface area contributed by atoms with Gasteiger partial charge in [-0.15, -0.1) is 0 Å². The highest BCUT2D eigenvalue weighted by Crippen LogP contribution is 2.22. The molecule has 0 bridgehead atoms. The summed E-state index contributed by atoms with van der Waals surface area (Å²) in [4.78, 5) is 0. The van der Waals surface area contributed by atoms with Gasteiger partial charge in [-0.05, 0) is 32.1 Å². The Kier molecular flexibility index (Phi) is 8.52. The molecule has 0 spiro atoms. The normalized spacial score (nSPS) is 16.2. The molecular weight excluding hydrogens is 236 g/mol. The molecule has 3 nitrogen and oxygen atoms in total. The summed E-state index contributed by atoms with van der Waals surface area (Å²) in [7, 11) is -2.14. The summed E-state index contributed by atoms with van der Waals surface area (Å²) in [6, 6.07) is 0. The fraction of sp³-hybridized carbons (Fsp3) is 0.846. The molecule has 0 saturated carbocycles. The standard InChI is InChI=1S/C13H26O3S/c1-5-7-8-10-13(17(14,15)16-4)11-12(3)9-6-2/h5,7,12-13H,6,8-11H2,1-4H3/b7-5-/t12-,13+/m0/s1. The van der Waals surface area contributed by atoms with E-state index in [4.69, 9.17) is 0 Å². The Balaban J connectivity index is 4.51. The second kappa shape index (κ2) is 8.70. The highest BCUT2D eigenvalue weighted by atomic mass is 32.2. The second-order valence-electron chi connectivity index (χ2n) is 4.56. The van der Waals surface area contributed by atoms with Crippen molar-refractivity contribution in [3.63, 3.8) is 0 Å². The van der Waals surface area contributed by atoms with Gasteiger partial charge >= 0.3 is 0 Å². The van der Waals surface area contributed by atoms with Crippen LogP contribution in [0.1, 0.15) is 52.9 Å². The Morgan fingerprint density at radius 2 is 1.94 bits per heavy atom. The summed E-state index contributed by atoms with van der Waals surface area (Å²) in [6.07, 6.45) is 8.25. The van der Waals surface area contributed by atoms with Gasteiger partial charge in [-0.25, -0.2) is 0 Å². The first kappa shape index (κ1) is 16.6. The topological polar surface area (TPSA) is 43.4 Å². The van der Waals surface area contributed by atoms with Gasteiger partial charge in [0.2, 0.25) is 0 Å². The summed E-state index contributed by atoms with van der Waals surface area (Å²) in [6.45, 7) is 6.17. The zero-order valence-electron chi connectivity index (χ0n) is 11.5. The van der Waals surface area contributed by atoms with Crippen LogP contribution in [0.4, 0.5) is 0 Å². The molecule has 0 aliphatic heterocycles. The Bertz CT molecular complexity index is 307. The molecule has 2 atom stereocenters. The molecule has 0 amide bonds. The Morgan fingerprint density at radius 3 is 2.41 bits per heavy atom. The zero-order valence-corrected chi connectivity index (χ0v) is 12.3. The summed E-state index contributed by atoms with van der Waals surface area (Å²) in [5.41, 5.74) is 0. The molecule has 17 heavy (non-hydrogen) atoms. The lowest BCUT2D eigenvalue weighted by Crippen LogP contribution is -2.24. The van der Waals surface area contributed by atoms with Crippen LogP contribution in [0.25, 0.3) is 0 Å². The van der Waals surface area contributed by atoms with Crippen molar-refractivity contribution in [1.29, 1.82) is 0 Å². The van der Waals surface area contributed by atoms with Gasteiger partial charge in [0, 0.05) is 0 Å². The number of rotatable bonds is 9. The minimum atomic E-state index is -3.39. The van der Waals surface area contributed by atoms with E-state index in [1.165, 1.54) is 7.11 Å². The van der Waals surface area contributed by atoms with Crippen LogP contribution in [-0.2, 0) is 14.3 Å². The first-order valence-corrected chi connectivity index (χ1v) is 7.85. The molecule has 4 heteroatoms. The molecule has 0 rings (SSSR count). The quantitative estimate of drug-likeness (QED) is 0.472.